The predicted octanol–water partition coefficient (Wildman–Crippen LogP) is 2.96. The molecule has 4 heteroatoms. The first-order valence-corrected chi connectivity index (χ1v) is 7.23. The van der Waals surface area contributed by atoms with Crippen LogP contribution in [0.25, 0.3) is 0 Å². The summed E-state index contributed by atoms with van der Waals surface area (Å²) in [5.41, 5.74) is 6.36. The van der Waals surface area contributed by atoms with Gasteiger partial charge in [0, 0.05) is 12.0 Å². The average molecular weight is 293 g/mol. The molecule has 0 aromatic heterocycles. The van der Waals surface area contributed by atoms with Gasteiger partial charge in [0.2, 0.25) is 5.91 Å². The van der Waals surface area contributed by atoms with Gasteiger partial charge >= 0.3 is 0 Å². The normalized spacial score (nSPS) is 13.7. The first-order chi connectivity index (χ1) is 9.50. The maximum absolute atomic E-state index is 12.3. The summed E-state index contributed by atoms with van der Waals surface area (Å²) in [7, 11) is 0. The van der Waals surface area contributed by atoms with E-state index in [4.69, 9.17) is 5.73 Å². The van der Waals surface area contributed by atoms with Crippen LogP contribution in [0, 0.1) is 11.3 Å². The van der Waals surface area contributed by atoms with Crippen LogP contribution in [-0.4, -0.2) is 17.5 Å². The van der Waals surface area contributed by atoms with Gasteiger partial charge in [0.15, 0.2) is 5.78 Å². The zero-order valence-corrected chi connectivity index (χ0v) is 13.8. The number of hydrogen-bond donors (Lipinski definition) is 1. The molecule has 0 aliphatic carbocycles. The van der Waals surface area contributed by atoms with Crippen LogP contribution < -0.4 is 5.73 Å². The van der Waals surface area contributed by atoms with E-state index in [2.05, 4.69) is 6.58 Å². The van der Waals surface area contributed by atoms with Crippen molar-refractivity contribution in [2.45, 2.75) is 53.9 Å². The molecule has 21 heavy (non-hydrogen) atoms. The highest BCUT2D eigenvalue weighted by Gasteiger charge is 2.25. The third kappa shape index (κ3) is 6.52. The molecule has 0 bridgehead atoms. The molecule has 0 aliphatic heterocycles. The SMILES string of the molecule is C=C(C(=O)/C=C(\CC)C(C)(C)C)C(CCC(C)=O)C(N)=O. The second-order valence-corrected chi connectivity index (χ2v) is 6.36. The fourth-order valence-electron chi connectivity index (χ4n) is 2.11. The molecule has 1 amide bonds. The van der Waals surface area contributed by atoms with Crippen molar-refractivity contribution in [3.63, 3.8) is 0 Å². The van der Waals surface area contributed by atoms with Crippen molar-refractivity contribution < 1.29 is 14.4 Å². The topological polar surface area (TPSA) is 77.2 Å². The minimum Gasteiger partial charge on any atom is -0.369 e. The Balaban J connectivity index is 5.18. The molecule has 0 spiro atoms. The van der Waals surface area contributed by atoms with Crippen molar-refractivity contribution in [2.75, 3.05) is 0 Å². The minimum absolute atomic E-state index is 0.0408. The number of ketones is 2. The smallest absolute Gasteiger partial charge is 0.225 e. The second-order valence-electron chi connectivity index (χ2n) is 6.36. The molecule has 0 rings (SSSR count). The summed E-state index contributed by atoms with van der Waals surface area (Å²) >= 11 is 0. The molecule has 0 aromatic rings. The fraction of sp³-hybridized carbons (Fsp3) is 0.588. The molecule has 0 aromatic carbocycles. The maximum atomic E-state index is 12.3. The summed E-state index contributed by atoms with van der Waals surface area (Å²) in [6.45, 7) is 13.2. The molecule has 1 atom stereocenters. The predicted molar refractivity (Wildman–Crippen MR) is 84.6 cm³/mol. The fourth-order valence-corrected chi connectivity index (χ4v) is 2.11. The number of hydrogen-bond acceptors (Lipinski definition) is 3. The quantitative estimate of drug-likeness (QED) is 0.699. The van der Waals surface area contributed by atoms with E-state index in [1.807, 2.05) is 27.7 Å². The van der Waals surface area contributed by atoms with Crippen LogP contribution in [0.2, 0.25) is 0 Å². The Morgan fingerprint density at radius 3 is 2.10 bits per heavy atom. The zero-order valence-electron chi connectivity index (χ0n) is 13.8. The van der Waals surface area contributed by atoms with Crippen LogP contribution in [0.5, 0.6) is 0 Å². The lowest BCUT2D eigenvalue weighted by molar-refractivity contribution is -0.123. The van der Waals surface area contributed by atoms with Gasteiger partial charge in [0.1, 0.15) is 5.78 Å². The molecule has 0 saturated heterocycles. The van der Waals surface area contributed by atoms with E-state index in [1.165, 1.54) is 6.92 Å². The molecule has 4 nitrogen and oxygen atoms in total. The third-order valence-corrected chi connectivity index (χ3v) is 3.52. The summed E-state index contributed by atoms with van der Waals surface area (Å²) < 4.78 is 0. The first-order valence-electron chi connectivity index (χ1n) is 7.23. The van der Waals surface area contributed by atoms with E-state index in [0.717, 1.165) is 12.0 Å². The monoisotopic (exact) mass is 293 g/mol. The van der Waals surface area contributed by atoms with E-state index >= 15 is 0 Å². The summed E-state index contributed by atoms with van der Waals surface area (Å²) in [4.78, 5) is 34.8. The molecular weight excluding hydrogens is 266 g/mol. The van der Waals surface area contributed by atoms with Crippen LogP contribution in [0.1, 0.15) is 53.9 Å². The lowest BCUT2D eigenvalue weighted by Crippen LogP contribution is -2.28. The van der Waals surface area contributed by atoms with Crippen LogP contribution in [-0.2, 0) is 14.4 Å². The van der Waals surface area contributed by atoms with Gasteiger partial charge in [0.25, 0.3) is 0 Å². The molecule has 0 radical (unpaired) electrons. The van der Waals surface area contributed by atoms with Gasteiger partial charge in [-0.15, -0.1) is 0 Å². The van der Waals surface area contributed by atoms with Crippen molar-refractivity contribution in [1.82, 2.24) is 0 Å². The molecule has 0 saturated carbocycles. The zero-order chi connectivity index (χ0) is 16.8. The highest BCUT2D eigenvalue weighted by molar-refractivity contribution is 6.07. The highest BCUT2D eigenvalue weighted by Crippen LogP contribution is 2.28. The molecule has 0 fully saturated rings. The summed E-state index contributed by atoms with van der Waals surface area (Å²) in [6, 6.07) is 0. The number of primary amides is 1. The van der Waals surface area contributed by atoms with Gasteiger partial charge in [-0.25, -0.2) is 0 Å². The summed E-state index contributed by atoms with van der Waals surface area (Å²) in [5, 5.41) is 0. The van der Waals surface area contributed by atoms with Gasteiger partial charge in [-0.1, -0.05) is 39.8 Å². The van der Waals surface area contributed by atoms with Crippen molar-refractivity contribution in [2.24, 2.45) is 17.1 Å². The highest BCUT2D eigenvalue weighted by atomic mass is 16.1. The van der Waals surface area contributed by atoms with E-state index in [0.29, 0.717) is 0 Å². The van der Waals surface area contributed by atoms with Gasteiger partial charge < -0.3 is 10.5 Å². The van der Waals surface area contributed by atoms with Crippen LogP contribution in [0.4, 0.5) is 0 Å². The van der Waals surface area contributed by atoms with Gasteiger partial charge in [-0.05, 0) is 31.3 Å². The van der Waals surface area contributed by atoms with E-state index in [1.54, 1.807) is 6.08 Å². The molecule has 0 heterocycles. The number of rotatable bonds is 8. The third-order valence-electron chi connectivity index (χ3n) is 3.52. The summed E-state index contributed by atoms with van der Waals surface area (Å²) in [5.74, 6) is -1.72. The standard InChI is InChI=1S/C17H27NO3/c1-7-13(17(4,5)6)10-15(20)12(3)14(16(18)21)9-8-11(2)19/h10,14H,3,7-9H2,1-2,4-6H3,(H2,18,21)/b13-10+. The lowest BCUT2D eigenvalue weighted by atomic mass is 9.82. The number of allylic oxidation sites excluding steroid dienone is 2. The van der Waals surface area contributed by atoms with Gasteiger partial charge in [-0.3, -0.25) is 9.59 Å². The van der Waals surface area contributed by atoms with Crippen molar-refractivity contribution >= 4 is 17.5 Å². The Bertz CT molecular complexity index is 467. The van der Waals surface area contributed by atoms with Gasteiger partial charge in [-0.2, -0.15) is 0 Å². The Labute approximate surface area is 127 Å². The largest absolute Gasteiger partial charge is 0.369 e. The Morgan fingerprint density at radius 2 is 1.76 bits per heavy atom. The summed E-state index contributed by atoms with van der Waals surface area (Å²) in [6.07, 6.45) is 2.74. The molecule has 2 N–H and O–H groups in total. The van der Waals surface area contributed by atoms with E-state index in [-0.39, 0.29) is 35.4 Å². The van der Waals surface area contributed by atoms with Crippen molar-refractivity contribution in [3.05, 3.63) is 23.8 Å². The van der Waals surface area contributed by atoms with Crippen molar-refractivity contribution in [3.8, 4) is 0 Å². The molecular formula is C17H27NO3. The Kier molecular flexibility index (Phi) is 7.27. The van der Waals surface area contributed by atoms with Crippen molar-refractivity contribution in [1.29, 1.82) is 0 Å². The molecule has 0 aliphatic rings. The molecule has 118 valence electrons. The minimum atomic E-state index is -0.782. The van der Waals surface area contributed by atoms with Gasteiger partial charge in [0.05, 0.1) is 5.92 Å². The lowest BCUT2D eigenvalue weighted by Gasteiger charge is -2.22. The number of amides is 1. The maximum Gasteiger partial charge on any atom is 0.225 e. The van der Waals surface area contributed by atoms with E-state index in [9.17, 15) is 14.4 Å². The van der Waals surface area contributed by atoms with Crippen LogP contribution in [0.3, 0.4) is 0 Å². The number of carbonyl (C=O) groups excluding carboxylic acids is 3. The Morgan fingerprint density at radius 1 is 1.24 bits per heavy atom. The number of carbonyl (C=O) groups is 3. The van der Waals surface area contributed by atoms with Crippen LogP contribution in [0.15, 0.2) is 23.8 Å². The first kappa shape index (κ1) is 19.3. The molecule has 1 unspecified atom stereocenters. The number of Topliss-reactive ketones (excluding diaryl/α,β-unsaturated/α-hetero) is 1. The second kappa shape index (κ2) is 7.91. The Hall–Kier alpha value is -1.71. The number of nitrogens with two attached hydrogens (primary N) is 1. The van der Waals surface area contributed by atoms with Crippen LogP contribution >= 0.6 is 0 Å². The van der Waals surface area contributed by atoms with E-state index < -0.39 is 11.8 Å². The average Bonchev–Trinajstić information content (AvgIpc) is 2.33.